The molecule has 1 aromatic carbocycles. The molecule has 1 aliphatic carbocycles. The smallest absolute Gasteiger partial charge is 0.326 e. The lowest BCUT2D eigenvalue weighted by Gasteiger charge is -2.36. The zero-order chi connectivity index (χ0) is 18.9. The molecule has 6 heteroatoms. The maximum Gasteiger partial charge on any atom is 0.326 e. The van der Waals surface area contributed by atoms with Crippen LogP contribution in [0.2, 0.25) is 0 Å². The van der Waals surface area contributed by atoms with Crippen molar-refractivity contribution in [2.45, 2.75) is 58.6 Å². The second-order valence-corrected chi connectivity index (χ2v) is 7.53. The molecule has 1 aliphatic heterocycles. The van der Waals surface area contributed by atoms with E-state index < -0.39 is 17.5 Å². The van der Waals surface area contributed by atoms with Gasteiger partial charge in [-0.25, -0.2) is 4.79 Å². The number of hydrogen-bond donors (Lipinski definition) is 1. The molecule has 1 aromatic rings. The minimum atomic E-state index is -0.845. The molecule has 0 aromatic heterocycles. The zero-order valence-corrected chi connectivity index (χ0v) is 15.6. The predicted octanol–water partition coefficient (Wildman–Crippen LogP) is 2.85. The number of nitrogens with one attached hydrogen (secondary N) is 1. The Balaban J connectivity index is 1.63. The Kier molecular flexibility index (Phi) is 5.03. The lowest BCUT2D eigenvalue weighted by atomic mass is 9.73. The first-order valence-corrected chi connectivity index (χ1v) is 9.19. The van der Waals surface area contributed by atoms with E-state index in [1.807, 2.05) is 39.0 Å². The molecule has 1 saturated carbocycles. The summed E-state index contributed by atoms with van der Waals surface area (Å²) in [5.41, 5.74) is 2.20. The molecule has 2 fully saturated rings. The van der Waals surface area contributed by atoms with Crippen molar-refractivity contribution in [1.82, 2.24) is 10.2 Å². The van der Waals surface area contributed by atoms with Gasteiger partial charge in [-0.2, -0.15) is 0 Å². The van der Waals surface area contributed by atoms with Crippen molar-refractivity contribution < 1.29 is 19.1 Å². The van der Waals surface area contributed by atoms with Crippen LogP contribution in [0.4, 0.5) is 4.79 Å². The van der Waals surface area contributed by atoms with Crippen LogP contribution in [0.5, 0.6) is 0 Å². The summed E-state index contributed by atoms with van der Waals surface area (Å²) < 4.78 is 5.31. The molecule has 2 aliphatic rings. The second-order valence-electron chi connectivity index (χ2n) is 7.53. The van der Waals surface area contributed by atoms with Gasteiger partial charge in [-0.05, 0) is 43.7 Å². The van der Waals surface area contributed by atoms with Crippen molar-refractivity contribution >= 4 is 17.9 Å². The third-order valence-corrected chi connectivity index (χ3v) is 5.68. The molecular formula is C20H26N2O4. The van der Waals surface area contributed by atoms with E-state index in [-0.39, 0.29) is 25.0 Å². The maximum absolute atomic E-state index is 12.8. The van der Waals surface area contributed by atoms with Gasteiger partial charge < -0.3 is 10.1 Å². The Bertz CT molecular complexity index is 745. The quantitative estimate of drug-likeness (QED) is 0.663. The van der Waals surface area contributed by atoms with Gasteiger partial charge in [0.2, 0.25) is 0 Å². The third-order valence-electron chi connectivity index (χ3n) is 5.68. The summed E-state index contributed by atoms with van der Waals surface area (Å²) >= 11 is 0. The maximum atomic E-state index is 12.8. The van der Waals surface area contributed by atoms with E-state index in [9.17, 15) is 14.4 Å². The summed E-state index contributed by atoms with van der Waals surface area (Å²) in [5.74, 6) is -0.794. The number of aryl methyl sites for hydroxylation is 2. The summed E-state index contributed by atoms with van der Waals surface area (Å²) in [4.78, 5) is 38.4. The largest absolute Gasteiger partial charge is 0.459 e. The van der Waals surface area contributed by atoms with Crippen molar-refractivity contribution in [3.8, 4) is 0 Å². The molecule has 2 atom stereocenters. The molecular weight excluding hydrogens is 332 g/mol. The Morgan fingerprint density at radius 3 is 2.81 bits per heavy atom. The van der Waals surface area contributed by atoms with Gasteiger partial charge in [0.15, 0.2) is 0 Å². The van der Waals surface area contributed by atoms with Gasteiger partial charge in [0.25, 0.3) is 5.91 Å². The van der Waals surface area contributed by atoms with E-state index >= 15 is 0 Å². The first-order chi connectivity index (χ1) is 12.3. The van der Waals surface area contributed by atoms with Gasteiger partial charge in [0.1, 0.15) is 18.7 Å². The molecule has 0 radical (unpaired) electrons. The standard InChI is InChI=1S/C20H26N2O4/c1-13-7-8-14(2)16(10-13)12-26-17(23)11-22-18(24)20(21-19(22)25)9-5-4-6-15(20)3/h7-8,10,15H,4-6,9,11-12H2,1-3H3,(H,21,25)/t15-,20+/m0/s1. The molecule has 0 unspecified atom stereocenters. The van der Waals surface area contributed by atoms with E-state index in [0.29, 0.717) is 6.42 Å². The first-order valence-electron chi connectivity index (χ1n) is 9.19. The van der Waals surface area contributed by atoms with Crippen LogP contribution in [0.25, 0.3) is 0 Å². The fourth-order valence-corrected chi connectivity index (χ4v) is 3.93. The van der Waals surface area contributed by atoms with Crippen LogP contribution in [0.3, 0.4) is 0 Å². The van der Waals surface area contributed by atoms with Crippen molar-refractivity contribution in [3.63, 3.8) is 0 Å². The molecule has 26 heavy (non-hydrogen) atoms. The number of rotatable bonds is 4. The van der Waals surface area contributed by atoms with Gasteiger partial charge in [-0.1, -0.05) is 43.5 Å². The van der Waals surface area contributed by atoms with Gasteiger partial charge in [-0.15, -0.1) is 0 Å². The Morgan fingerprint density at radius 1 is 1.31 bits per heavy atom. The van der Waals surface area contributed by atoms with E-state index in [0.717, 1.165) is 40.9 Å². The number of amides is 3. The molecule has 1 saturated heterocycles. The monoisotopic (exact) mass is 358 g/mol. The number of carbonyl (C=O) groups excluding carboxylic acids is 3. The summed E-state index contributed by atoms with van der Waals surface area (Å²) in [7, 11) is 0. The number of carbonyl (C=O) groups is 3. The van der Waals surface area contributed by atoms with Crippen molar-refractivity contribution in [1.29, 1.82) is 0 Å². The summed E-state index contributed by atoms with van der Waals surface area (Å²) in [6.45, 7) is 5.71. The Labute approximate surface area is 153 Å². The van der Waals surface area contributed by atoms with Crippen LogP contribution < -0.4 is 5.32 Å². The molecule has 140 valence electrons. The second kappa shape index (κ2) is 7.09. The third kappa shape index (κ3) is 3.32. The number of imide groups is 1. The topological polar surface area (TPSA) is 75.7 Å². The van der Waals surface area contributed by atoms with Crippen LogP contribution in [-0.2, 0) is 20.9 Å². The molecule has 3 rings (SSSR count). The van der Waals surface area contributed by atoms with E-state index in [1.165, 1.54) is 0 Å². The molecule has 0 bridgehead atoms. The Morgan fingerprint density at radius 2 is 2.08 bits per heavy atom. The van der Waals surface area contributed by atoms with Crippen molar-refractivity contribution in [2.75, 3.05) is 6.54 Å². The lowest BCUT2D eigenvalue weighted by molar-refractivity contribution is -0.149. The van der Waals surface area contributed by atoms with Gasteiger partial charge in [0, 0.05) is 0 Å². The van der Waals surface area contributed by atoms with Gasteiger partial charge in [-0.3, -0.25) is 14.5 Å². The van der Waals surface area contributed by atoms with Crippen molar-refractivity contribution in [2.24, 2.45) is 5.92 Å². The van der Waals surface area contributed by atoms with Crippen molar-refractivity contribution in [3.05, 3.63) is 34.9 Å². The molecule has 1 spiro atoms. The van der Waals surface area contributed by atoms with Gasteiger partial charge >= 0.3 is 12.0 Å². The molecule has 6 nitrogen and oxygen atoms in total. The fraction of sp³-hybridized carbons (Fsp3) is 0.550. The SMILES string of the molecule is Cc1ccc(C)c(COC(=O)CN2C(=O)N[C@@]3(CCCC[C@@H]3C)C2=O)c1. The number of hydrogen-bond acceptors (Lipinski definition) is 4. The minimum Gasteiger partial charge on any atom is -0.459 e. The van der Waals surface area contributed by atoms with E-state index in [4.69, 9.17) is 4.74 Å². The number of benzene rings is 1. The van der Waals surface area contributed by atoms with Crippen LogP contribution in [0.15, 0.2) is 18.2 Å². The van der Waals surface area contributed by atoms with Crippen LogP contribution >= 0.6 is 0 Å². The number of urea groups is 1. The normalized spacial score (nSPS) is 25.5. The fourth-order valence-electron chi connectivity index (χ4n) is 3.93. The number of ether oxygens (including phenoxy) is 1. The van der Waals surface area contributed by atoms with E-state index in [1.54, 1.807) is 0 Å². The van der Waals surface area contributed by atoms with Crippen LogP contribution in [-0.4, -0.2) is 34.9 Å². The van der Waals surface area contributed by atoms with Gasteiger partial charge in [0.05, 0.1) is 0 Å². The Hall–Kier alpha value is -2.37. The first kappa shape index (κ1) is 18.4. The van der Waals surface area contributed by atoms with Crippen LogP contribution in [0.1, 0.15) is 49.3 Å². The highest BCUT2D eigenvalue weighted by atomic mass is 16.5. The lowest BCUT2D eigenvalue weighted by Crippen LogP contribution is -2.54. The van der Waals surface area contributed by atoms with Crippen LogP contribution in [0, 0.1) is 19.8 Å². The minimum absolute atomic E-state index is 0.0728. The molecule has 3 amide bonds. The molecule has 1 N–H and O–H groups in total. The number of nitrogens with zero attached hydrogens (tertiary/aromatic N) is 1. The highest BCUT2D eigenvalue weighted by molar-refractivity contribution is 6.08. The predicted molar refractivity (Wildman–Crippen MR) is 96.3 cm³/mol. The average molecular weight is 358 g/mol. The summed E-state index contributed by atoms with van der Waals surface area (Å²) in [6, 6.07) is 5.45. The highest BCUT2D eigenvalue weighted by Crippen LogP contribution is 2.38. The highest BCUT2D eigenvalue weighted by Gasteiger charge is 2.55. The summed E-state index contributed by atoms with van der Waals surface area (Å²) in [5, 5.41) is 2.84. The number of esters is 1. The average Bonchev–Trinajstić information content (AvgIpc) is 2.83. The molecule has 1 heterocycles. The zero-order valence-electron chi connectivity index (χ0n) is 15.6. The van der Waals surface area contributed by atoms with E-state index in [2.05, 4.69) is 5.32 Å². The summed E-state index contributed by atoms with van der Waals surface area (Å²) in [6.07, 6.45) is 3.49.